The van der Waals surface area contributed by atoms with Gasteiger partial charge in [-0.3, -0.25) is 4.98 Å². The van der Waals surface area contributed by atoms with E-state index < -0.39 is 29.7 Å². The van der Waals surface area contributed by atoms with Crippen molar-refractivity contribution in [3.63, 3.8) is 0 Å². The van der Waals surface area contributed by atoms with Crippen molar-refractivity contribution in [3.8, 4) is 5.75 Å². The van der Waals surface area contributed by atoms with E-state index in [-0.39, 0.29) is 10.6 Å². The van der Waals surface area contributed by atoms with E-state index in [0.29, 0.717) is 10.9 Å². The standard InChI is InChI=1S/C16H14FN2O5PS/c17-13-6-8-14(9-7-13)26(22,23)19-11-25(20,21)24-15-5-1-3-12-4-2-10-18-16(12)15/h1-10,19H,11H2,(H,20,21). The van der Waals surface area contributed by atoms with E-state index in [1.807, 2.05) is 4.72 Å². The van der Waals surface area contributed by atoms with Gasteiger partial charge in [-0.25, -0.2) is 17.4 Å². The van der Waals surface area contributed by atoms with Crippen LogP contribution in [0, 0.1) is 5.82 Å². The monoisotopic (exact) mass is 396 g/mol. The van der Waals surface area contributed by atoms with Crippen molar-refractivity contribution < 1.29 is 26.8 Å². The maximum Gasteiger partial charge on any atom is 0.391 e. The number of pyridine rings is 1. The Morgan fingerprint density at radius 3 is 2.54 bits per heavy atom. The summed E-state index contributed by atoms with van der Waals surface area (Å²) in [5.74, 6) is -0.529. The highest BCUT2D eigenvalue weighted by Crippen LogP contribution is 2.43. The van der Waals surface area contributed by atoms with Crippen LogP contribution in [0.2, 0.25) is 0 Å². The van der Waals surface area contributed by atoms with Crippen molar-refractivity contribution in [1.82, 2.24) is 9.71 Å². The lowest BCUT2D eigenvalue weighted by Gasteiger charge is -2.15. The molecule has 0 aliphatic rings. The lowest BCUT2D eigenvalue weighted by molar-refractivity contribution is 0.379. The number of fused-ring (bicyclic) bond motifs is 1. The molecule has 0 aliphatic carbocycles. The SMILES string of the molecule is O=P(O)(CNS(=O)(=O)c1ccc(F)cc1)Oc1cccc2cccnc12. The fraction of sp³-hybridized carbons (Fsp3) is 0.0625. The van der Waals surface area contributed by atoms with Crippen molar-refractivity contribution in [2.75, 3.05) is 6.29 Å². The highest BCUT2D eigenvalue weighted by atomic mass is 32.2. The zero-order chi connectivity index (χ0) is 18.8. The number of rotatable bonds is 6. The van der Waals surface area contributed by atoms with Gasteiger partial charge in [-0.1, -0.05) is 18.2 Å². The van der Waals surface area contributed by atoms with Crippen LogP contribution in [0.1, 0.15) is 0 Å². The number of halogens is 1. The van der Waals surface area contributed by atoms with E-state index in [9.17, 15) is 22.3 Å². The normalized spacial score (nSPS) is 14.1. The Morgan fingerprint density at radius 2 is 1.81 bits per heavy atom. The molecule has 3 aromatic rings. The van der Waals surface area contributed by atoms with Crippen LogP contribution in [0.5, 0.6) is 5.75 Å². The molecule has 1 atom stereocenters. The molecule has 3 rings (SSSR count). The minimum absolute atomic E-state index is 0.0647. The Bertz CT molecular complexity index is 1080. The molecular weight excluding hydrogens is 382 g/mol. The van der Waals surface area contributed by atoms with Gasteiger partial charge < -0.3 is 9.42 Å². The number of para-hydroxylation sites is 1. The summed E-state index contributed by atoms with van der Waals surface area (Å²) in [5.41, 5.74) is 0.380. The maximum atomic E-state index is 12.9. The fourth-order valence-corrected chi connectivity index (χ4v) is 4.71. The highest BCUT2D eigenvalue weighted by molar-refractivity contribution is 7.89. The topological polar surface area (TPSA) is 106 Å². The van der Waals surface area contributed by atoms with Crippen molar-refractivity contribution >= 4 is 28.5 Å². The van der Waals surface area contributed by atoms with Gasteiger partial charge >= 0.3 is 7.60 Å². The summed E-state index contributed by atoms with van der Waals surface area (Å²) in [6.45, 7) is 0. The molecule has 1 heterocycles. The zero-order valence-electron chi connectivity index (χ0n) is 13.2. The smallest absolute Gasteiger partial charge is 0.391 e. The molecule has 0 saturated carbocycles. The van der Waals surface area contributed by atoms with Crippen LogP contribution in [0.4, 0.5) is 4.39 Å². The van der Waals surface area contributed by atoms with Crippen LogP contribution < -0.4 is 9.25 Å². The molecular formula is C16H14FN2O5PS. The van der Waals surface area contributed by atoms with Crippen molar-refractivity contribution in [3.05, 3.63) is 66.6 Å². The summed E-state index contributed by atoms with van der Waals surface area (Å²) in [6, 6.07) is 12.4. The summed E-state index contributed by atoms with van der Waals surface area (Å²) < 4.78 is 56.5. The first-order valence-corrected chi connectivity index (χ1v) is 10.6. The molecule has 0 bridgehead atoms. The second-order valence-corrected chi connectivity index (χ2v) is 8.86. The van der Waals surface area contributed by atoms with Crippen molar-refractivity contribution in [2.24, 2.45) is 0 Å². The zero-order valence-corrected chi connectivity index (χ0v) is 15.0. The second kappa shape index (κ2) is 7.13. The maximum absolute atomic E-state index is 12.9. The van der Waals surface area contributed by atoms with Crippen LogP contribution in [-0.4, -0.2) is 24.6 Å². The van der Waals surface area contributed by atoms with Gasteiger partial charge in [0.25, 0.3) is 0 Å². The highest BCUT2D eigenvalue weighted by Gasteiger charge is 2.26. The van der Waals surface area contributed by atoms with Gasteiger partial charge in [0, 0.05) is 11.6 Å². The van der Waals surface area contributed by atoms with Gasteiger partial charge in [0.2, 0.25) is 10.0 Å². The summed E-state index contributed by atoms with van der Waals surface area (Å²) in [6.07, 6.45) is 0.657. The Labute approximate surface area is 149 Å². The Balaban J connectivity index is 1.76. The van der Waals surface area contributed by atoms with E-state index in [0.717, 1.165) is 24.3 Å². The minimum Gasteiger partial charge on any atom is -0.421 e. The van der Waals surface area contributed by atoms with Crippen LogP contribution in [0.25, 0.3) is 10.9 Å². The second-order valence-electron chi connectivity index (χ2n) is 5.32. The first-order valence-electron chi connectivity index (χ1n) is 7.37. The van der Waals surface area contributed by atoms with Gasteiger partial charge in [0.1, 0.15) is 17.6 Å². The number of aromatic nitrogens is 1. The summed E-state index contributed by atoms with van der Waals surface area (Å²) in [5, 5.41) is 0.705. The third-order valence-electron chi connectivity index (χ3n) is 3.42. The molecule has 136 valence electrons. The third-order valence-corrected chi connectivity index (χ3v) is 6.09. The van der Waals surface area contributed by atoms with E-state index in [1.165, 1.54) is 12.3 Å². The Hall–Kier alpha value is -2.32. The number of hydrogen-bond donors (Lipinski definition) is 2. The van der Waals surface area contributed by atoms with Gasteiger partial charge in [-0.2, -0.15) is 4.72 Å². The molecule has 1 unspecified atom stereocenters. The van der Waals surface area contributed by atoms with Crippen molar-refractivity contribution in [2.45, 2.75) is 4.90 Å². The molecule has 0 fully saturated rings. The molecule has 0 spiro atoms. The minimum atomic E-state index is -4.35. The molecule has 2 N–H and O–H groups in total. The molecule has 10 heteroatoms. The lowest BCUT2D eigenvalue weighted by Crippen LogP contribution is -2.25. The largest absolute Gasteiger partial charge is 0.421 e. The van der Waals surface area contributed by atoms with E-state index in [2.05, 4.69) is 4.98 Å². The molecule has 1 aromatic heterocycles. The predicted molar refractivity (Wildman–Crippen MR) is 93.8 cm³/mol. The average Bonchev–Trinajstić information content (AvgIpc) is 2.61. The van der Waals surface area contributed by atoms with Crippen molar-refractivity contribution in [1.29, 1.82) is 0 Å². The van der Waals surface area contributed by atoms with Gasteiger partial charge in [0.05, 0.1) is 4.90 Å². The van der Waals surface area contributed by atoms with E-state index >= 15 is 0 Å². The molecule has 7 nitrogen and oxygen atoms in total. The number of sulfonamides is 1. The summed E-state index contributed by atoms with van der Waals surface area (Å²) in [7, 11) is -8.44. The van der Waals surface area contributed by atoms with E-state index in [4.69, 9.17) is 4.52 Å². The average molecular weight is 396 g/mol. The number of nitrogens with one attached hydrogen (secondary N) is 1. The first-order chi connectivity index (χ1) is 12.3. The van der Waals surface area contributed by atoms with Gasteiger partial charge in [-0.15, -0.1) is 0 Å². The van der Waals surface area contributed by atoms with E-state index in [1.54, 1.807) is 24.3 Å². The number of nitrogens with zero attached hydrogens (tertiary/aromatic N) is 1. The number of benzene rings is 2. The Kier molecular flexibility index (Phi) is 5.06. The lowest BCUT2D eigenvalue weighted by atomic mass is 10.2. The molecule has 0 radical (unpaired) electrons. The summed E-state index contributed by atoms with van der Waals surface area (Å²) >= 11 is 0. The molecule has 0 amide bonds. The molecule has 0 saturated heterocycles. The quantitative estimate of drug-likeness (QED) is 0.621. The van der Waals surface area contributed by atoms with Crippen LogP contribution in [0.15, 0.2) is 65.7 Å². The van der Waals surface area contributed by atoms with Crippen LogP contribution in [-0.2, 0) is 14.6 Å². The Morgan fingerprint density at radius 1 is 1.12 bits per heavy atom. The summed E-state index contributed by atoms with van der Waals surface area (Å²) in [4.78, 5) is 13.9. The molecule has 0 aliphatic heterocycles. The van der Waals surface area contributed by atoms with Gasteiger partial charge in [-0.05, 0) is 36.4 Å². The first kappa shape index (κ1) is 18.5. The predicted octanol–water partition coefficient (Wildman–Crippen LogP) is 2.87. The number of hydrogen-bond acceptors (Lipinski definition) is 5. The van der Waals surface area contributed by atoms with Gasteiger partial charge in [0.15, 0.2) is 5.75 Å². The molecule has 26 heavy (non-hydrogen) atoms. The van der Waals surface area contributed by atoms with Crippen LogP contribution in [0.3, 0.4) is 0 Å². The molecule has 2 aromatic carbocycles. The van der Waals surface area contributed by atoms with Crippen LogP contribution >= 0.6 is 7.60 Å². The third kappa shape index (κ3) is 4.25. The fourth-order valence-electron chi connectivity index (χ4n) is 2.20.